The fraction of sp³-hybridized carbons (Fsp3) is 0. The van der Waals surface area contributed by atoms with Gasteiger partial charge >= 0.3 is 5.97 Å². The largest absolute Gasteiger partial charge is 0.478 e. The van der Waals surface area contributed by atoms with Crippen molar-refractivity contribution in [2.24, 2.45) is 0 Å². The van der Waals surface area contributed by atoms with Gasteiger partial charge in [-0.25, -0.2) is 9.18 Å². The Bertz CT molecular complexity index is 581. The van der Waals surface area contributed by atoms with Gasteiger partial charge in [0.05, 0.1) is 5.56 Å². The molecule has 0 aromatic heterocycles. The van der Waals surface area contributed by atoms with E-state index >= 15 is 0 Å². The van der Waals surface area contributed by atoms with Crippen LogP contribution in [0.3, 0.4) is 0 Å². The summed E-state index contributed by atoms with van der Waals surface area (Å²) in [6.45, 7) is 0. The van der Waals surface area contributed by atoms with Crippen LogP contribution in [0.1, 0.15) is 10.4 Å². The van der Waals surface area contributed by atoms with E-state index in [0.717, 1.165) is 0 Å². The minimum absolute atomic E-state index is 0.0225. The molecular formula is C13H10FNO2. The molecule has 2 aromatic carbocycles. The fourth-order valence-corrected chi connectivity index (χ4v) is 1.60. The van der Waals surface area contributed by atoms with Gasteiger partial charge < -0.3 is 10.8 Å². The smallest absolute Gasteiger partial charge is 0.337 e. The lowest BCUT2D eigenvalue weighted by molar-refractivity contribution is 0.0698. The van der Waals surface area contributed by atoms with Crippen molar-refractivity contribution in [2.45, 2.75) is 0 Å². The van der Waals surface area contributed by atoms with Gasteiger partial charge in [0, 0.05) is 11.3 Å². The summed E-state index contributed by atoms with van der Waals surface area (Å²) in [6.07, 6.45) is 0. The molecule has 4 heteroatoms. The Hall–Kier alpha value is -2.36. The third kappa shape index (κ3) is 2.10. The number of halogens is 1. The monoisotopic (exact) mass is 231 g/mol. The molecule has 0 spiro atoms. The summed E-state index contributed by atoms with van der Waals surface area (Å²) in [5, 5.41) is 8.93. The van der Waals surface area contributed by atoms with Crippen LogP contribution in [0.4, 0.5) is 10.1 Å². The first-order valence-electron chi connectivity index (χ1n) is 4.97. The van der Waals surface area contributed by atoms with Crippen LogP contribution in [-0.2, 0) is 0 Å². The number of carboxylic acid groups (broad SMARTS) is 1. The highest BCUT2D eigenvalue weighted by Gasteiger charge is 2.11. The number of nitrogen functional groups attached to an aromatic ring is 1. The van der Waals surface area contributed by atoms with Crippen LogP contribution in [0.15, 0.2) is 42.5 Å². The molecule has 3 N–H and O–H groups in total. The summed E-state index contributed by atoms with van der Waals surface area (Å²) >= 11 is 0. The van der Waals surface area contributed by atoms with Crippen molar-refractivity contribution in [2.75, 3.05) is 5.73 Å². The summed E-state index contributed by atoms with van der Waals surface area (Å²) in [5.41, 5.74) is 6.53. The number of aromatic carboxylic acids is 1. The van der Waals surface area contributed by atoms with Crippen LogP contribution in [-0.4, -0.2) is 11.1 Å². The molecule has 0 atom stereocenters. The topological polar surface area (TPSA) is 63.3 Å². The number of hydrogen-bond donors (Lipinski definition) is 2. The van der Waals surface area contributed by atoms with Crippen molar-refractivity contribution in [3.05, 3.63) is 53.8 Å². The van der Waals surface area contributed by atoms with Crippen LogP contribution in [0.2, 0.25) is 0 Å². The van der Waals surface area contributed by atoms with Gasteiger partial charge in [0.1, 0.15) is 5.82 Å². The van der Waals surface area contributed by atoms with Crippen molar-refractivity contribution in [1.29, 1.82) is 0 Å². The summed E-state index contributed by atoms with van der Waals surface area (Å²) < 4.78 is 13.5. The van der Waals surface area contributed by atoms with Crippen LogP contribution >= 0.6 is 0 Å². The quantitative estimate of drug-likeness (QED) is 0.781. The molecule has 0 unspecified atom stereocenters. The molecule has 3 nitrogen and oxygen atoms in total. The zero-order valence-electron chi connectivity index (χ0n) is 8.85. The first-order valence-corrected chi connectivity index (χ1v) is 4.97. The van der Waals surface area contributed by atoms with E-state index in [9.17, 15) is 9.18 Å². The van der Waals surface area contributed by atoms with Gasteiger partial charge in [0.2, 0.25) is 0 Å². The fourth-order valence-electron chi connectivity index (χ4n) is 1.60. The average Bonchev–Trinajstić information content (AvgIpc) is 2.30. The first-order chi connectivity index (χ1) is 8.09. The summed E-state index contributed by atoms with van der Waals surface area (Å²) in [5.74, 6) is -1.52. The average molecular weight is 231 g/mol. The Labute approximate surface area is 97.3 Å². The van der Waals surface area contributed by atoms with E-state index in [4.69, 9.17) is 10.8 Å². The van der Waals surface area contributed by atoms with Crippen LogP contribution in [0.5, 0.6) is 0 Å². The Morgan fingerprint density at radius 3 is 2.53 bits per heavy atom. The van der Waals surface area contributed by atoms with Crippen LogP contribution in [0, 0.1) is 5.82 Å². The maximum atomic E-state index is 13.5. The molecule has 0 saturated heterocycles. The van der Waals surface area contributed by atoms with E-state index in [0.29, 0.717) is 11.1 Å². The number of anilines is 1. The molecule has 17 heavy (non-hydrogen) atoms. The van der Waals surface area contributed by atoms with Gasteiger partial charge in [-0.2, -0.15) is 0 Å². The van der Waals surface area contributed by atoms with Crippen molar-refractivity contribution < 1.29 is 14.3 Å². The number of carbonyl (C=O) groups is 1. The SMILES string of the molecule is Nc1ccc(-c2ccccc2F)cc1C(=O)O. The van der Waals surface area contributed by atoms with Crippen LogP contribution < -0.4 is 5.73 Å². The van der Waals surface area contributed by atoms with E-state index < -0.39 is 11.8 Å². The highest BCUT2D eigenvalue weighted by Crippen LogP contribution is 2.25. The maximum absolute atomic E-state index is 13.5. The summed E-state index contributed by atoms with van der Waals surface area (Å²) in [4.78, 5) is 10.9. The normalized spacial score (nSPS) is 10.2. The lowest BCUT2D eigenvalue weighted by Gasteiger charge is -2.06. The van der Waals surface area contributed by atoms with Gasteiger partial charge in [-0.3, -0.25) is 0 Å². The lowest BCUT2D eigenvalue weighted by atomic mass is 10.0. The number of hydrogen-bond acceptors (Lipinski definition) is 2. The lowest BCUT2D eigenvalue weighted by Crippen LogP contribution is -2.02. The van der Waals surface area contributed by atoms with Gasteiger partial charge in [-0.1, -0.05) is 24.3 Å². The Balaban J connectivity index is 2.58. The third-order valence-electron chi connectivity index (χ3n) is 2.47. The maximum Gasteiger partial charge on any atom is 0.337 e. The molecule has 2 rings (SSSR count). The molecule has 0 aliphatic carbocycles. The molecule has 0 saturated carbocycles. The van der Waals surface area contributed by atoms with E-state index in [1.807, 2.05) is 0 Å². The zero-order valence-corrected chi connectivity index (χ0v) is 8.85. The molecule has 0 radical (unpaired) electrons. The second kappa shape index (κ2) is 4.25. The molecule has 86 valence electrons. The standard InChI is InChI=1S/C13H10FNO2/c14-11-4-2-1-3-9(11)8-5-6-12(15)10(7-8)13(16)17/h1-7H,15H2,(H,16,17). The first kappa shape index (κ1) is 11.1. The highest BCUT2D eigenvalue weighted by atomic mass is 19.1. The third-order valence-corrected chi connectivity index (χ3v) is 2.47. The Morgan fingerprint density at radius 1 is 1.18 bits per heavy atom. The van der Waals surface area contributed by atoms with E-state index in [1.165, 1.54) is 18.2 Å². The Morgan fingerprint density at radius 2 is 1.88 bits per heavy atom. The van der Waals surface area contributed by atoms with Gasteiger partial charge in [0.25, 0.3) is 0 Å². The minimum Gasteiger partial charge on any atom is -0.478 e. The van der Waals surface area contributed by atoms with Gasteiger partial charge in [-0.05, 0) is 23.8 Å². The van der Waals surface area contributed by atoms with Crippen molar-refractivity contribution in [1.82, 2.24) is 0 Å². The molecule has 0 aliphatic heterocycles. The second-order valence-electron chi connectivity index (χ2n) is 3.59. The number of nitrogens with two attached hydrogens (primary N) is 1. The highest BCUT2D eigenvalue weighted by molar-refractivity contribution is 5.95. The van der Waals surface area contributed by atoms with Gasteiger partial charge in [-0.15, -0.1) is 0 Å². The molecule has 0 bridgehead atoms. The van der Waals surface area contributed by atoms with Crippen LogP contribution in [0.25, 0.3) is 11.1 Å². The minimum atomic E-state index is -1.12. The van der Waals surface area contributed by atoms with Crippen molar-refractivity contribution in [3.63, 3.8) is 0 Å². The molecule has 0 heterocycles. The predicted octanol–water partition coefficient (Wildman–Crippen LogP) is 2.77. The number of rotatable bonds is 2. The van der Waals surface area contributed by atoms with E-state index in [2.05, 4.69) is 0 Å². The number of carboxylic acids is 1. The summed E-state index contributed by atoms with van der Waals surface area (Å²) in [7, 11) is 0. The second-order valence-corrected chi connectivity index (χ2v) is 3.59. The molecular weight excluding hydrogens is 221 g/mol. The molecule has 2 aromatic rings. The zero-order chi connectivity index (χ0) is 12.4. The number of benzene rings is 2. The van der Waals surface area contributed by atoms with E-state index in [1.54, 1.807) is 24.3 Å². The van der Waals surface area contributed by atoms with Gasteiger partial charge in [0.15, 0.2) is 0 Å². The van der Waals surface area contributed by atoms with E-state index in [-0.39, 0.29) is 11.3 Å². The van der Waals surface area contributed by atoms with Crippen molar-refractivity contribution >= 4 is 11.7 Å². The molecule has 0 amide bonds. The Kier molecular flexibility index (Phi) is 2.78. The predicted molar refractivity (Wildman–Crippen MR) is 63.2 cm³/mol. The molecule has 0 fully saturated rings. The molecule has 0 aliphatic rings. The summed E-state index contributed by atoms with van der Waals surface area (Å²) in [6, 6.07) is 10.6. The van der Waals surface area contributed by atoms with Crippen molar-refractivity contribution in [3.8, 4) is 11.1 Å².